The molecule has 0 aromatic rings. The third kappa shape index (κ3) is 14.7. The topological polar surface area (TPSA) is 155 Å². The summed E-state index contributed by atoms with van der Waals surface area (Å²) in [5.41, 5.74) is 0. The Bertz CT molecular complexity index is 389. The van der Waals surface area contributed by atoms with Crippen molar-refractivity contribution < 1.29 is 95.3 Å². The molecule has 0 aliphatic carbocycles. The third-order valence-corrected chi connectivity index (χ3v) is 4.88. The number of aliphatic hydroxyl groups is 2. The van der Waals surface area contributed by atoms with Crippen molar-refractivity contribution >= 4 is 20.2 Å². The van der Waals surface area contributed by atoms with Crippen molar-refractivity contribution in [1.82, 2.24) is 0 Å². The van der Waals surface area contributed by atoms with E-state index in [1.807, 2.05) is 0 Å². The minimum atomic E-state index is -4.30. The zero-order valence-corrected chi connectivity index (χ0v) is 18.1. The quantitative estimate of drug-likeness (QED) is 0.373. The monoisotopic (exact) mass is 352 g/mol. The summed E-state index contributed by atoms with van der Waals surface area (Å²) in [6.45, 7) is 4.88. The minimum absolute atomic E-state index is 0. The van der Waals surface area contributed by atoms with Crippen molar-refractivity contribution in [3.8, 4) is 0 Å². The van der Waals surface area contributed by atoms with Gasteiger partial charge in [0.2, 0.25) is 0 Å². The normalized spacial score (nSPS) is 17.2. The van der Waals surface area contributed by atoms with Crippen molar-refractivity contribution in [1.29, 1.82) is 0 Å². The van der Waals surface area contributed by atoms with Crippen LogP contribution in [0.5, 0.6) is 0 Å². The molecule has 4 unspecified atom stereocenters. The summed E-state index contributed by atoms with van der Waals surface area (Å²) < 4.78 is 60.3. The Labute approximate surface area is 164 Å². The maximum absolute atomic E-state index is 10.1. The van der Waals surface area contributed by atoms with E-state index in [0.29, 0.717) is 0 Å². The zero-order valence-electron chi connectivity index (χ0n) is 12.5. The van der Waals surface area contributed by atoms with Crippen LogP contribution in [0.4, 0.5) is 0 Å². The predicted molar refractivity (Wildman–Crippen MR) is 61.7 cm³/mol. The average Bonchev–Trinajstić information content (AvgIpc) is 2.13. The molecule has 0 amide bonds. The maximum atomic E-state index is 10.1. The van der Waals surface area contributed by atoms with Crippen LogP contribution < -0.4 is 59.1 Å². The van der Waals surface area contributed by atoms with Crippen molar-refractivity contribution in [2.75, 3.05) is 0 Å². The Morgan fingerprint density at radius 3 is 0.850 bits per heavy atom. The molecule has 0 heterocycles. The predicted octanol–water partition coefficient (Wildman–Crippen LogP) is -7.39. The molecule has 0 bridgehead atoms. The Hall–Kier alpha value is 1.74. The standard InChI is InChI=1S/2C4H10O4S.2Na/c2*1-3(5)4(2)9(6,7)8;;/h2*3-5H,1-2H3,(H,6,7,8);;/q;;2*+1/p-2. The first-order valence-electron chi connectivity index (χ1n) is 4.96. The molecule has 0 radical (unpaired) electrons. The fourth-order valence-corrected chi connectivity index (χ4v) is 1.45. The van der Waals surface area contributed by atoms with E-state index in [1.165, 1.54) is 27.7 Å². The molecule has 0 aliphatic heterocycles. The Balaban J connectivity index is -0.000000116. The van der Waals surface area contributed by atoms with E-state index < -0.39 is 42.9 Å². The molecule has 0 aliphatic rings. The second-order valence-electron chi connectivity index (χ2n) is 3.88. The fraction of sp³-hybridized carbons (Fsp3) is 1.00. The minimum Gasteiger partial charge on any atom is -0.748 e. The second kappa shape index (κ2) is 12.2. The molecule has 0 rings (SSSR count). The number of aliphatic hydroxyl groups excluding tert-OH is 2. The van der Waals surface area contributed by atoms with Crippen LogP contribution in [-0.2, 0) is 20.2 Å². The van der Waals surface area contributed by atoms with Gasteiger partial charge in [-0.25, -0.2) is 16.8 Å². The first-order chi connectivity index (χ1) is 7.71. The largest absolute Gasteiger partial charge is 1.00 e. The van der Waals surface area contributed by atoms with Crippen LogP contribution >= 0.6 is 0 Å². The van der Waals surface area contributed by atoms with Crippen molar-refractivity contribution in [2.45, 2.75) is 50.4 Å². The second-order valence-corrected chi connectivity index (χ2v) is 7.34. The first kappa shape index (κ1) is 29.7. The summed E-state index contributed by atoms with van der Waals surface area (Å²) in [6, 6.07) is 0. The molecule has 0 aromatic heterocycles. The van der Waals surface area contributed by atoms with Gasteiger partial charge in [-0.15, -0.1) is 0 Å². The molecular weight excluding hydrogens is 334 g/mol. The van der Waals surface area contributed by atoms with Crippen molar-refractivity contribution in [3.63, 3.8) is 0 Å². The van der Waals surface area contributed by atoms with Gasteiger partial charge in [0.15, 0.2) is 0 Å². The van der Waals surface area contributed by atoms with Crippen LogP contribution in [0.25, 0.3) is 0 Å². The van der Waals surface area contributed by atoms with Gasteiger partial charge in [0.1, 0.15) is 0 Å². The summed E-state index contributed by atoms with van der Waals surface area (Å²) >= 11 is 0. The zero-order chi connectivity index (χ0) is 15.3. The summed E-state index contributed by atoms with van der Waals surface area (Å²) in [6.07, 6.45) is -2.18. The van der Waals surface area contributed by atoms with E-state index >= 15 is 0 Å². The van der Waals surface area contributed by atoms with E-state index in [9.17, 15) is 25.9 Å². The van der Waals surface area contributed by atoms with E-state index in [4.69, 9.17) is 10.2 Å². The summed E-state index contributed by atoms with van der Waals surface area (Å²) in [5.74, 6) is 0. The SMILES string of the molecule is CC(O)C(C)S(=O)(=O)[O-].CC(O)C(C)S(=O)(=O)[O-].[Na+].[Na+]. The Morgan fingerprint density at radius 2 is 0.850 bits per heavy atom. The summed E-state index contributed by atoms with van der Waals surface area (Å²) in [4.78, 5) is 0. The fourth-order valence-electron chi connectivity index (χ4n) is 0.482. The number of hydrogen-bond donors (Lipinski definition) is 2. The van der Waals surface area contributed by atoms with Gasteiger partial charge in [-0.2, -0.15) is 0 Å². The molecule has 0 aromatic carbocycles. The summed E-state index contributed by atoms with van der Waals surface area (Å²) in [5, 5.41) is 14.7. The number of hydrogen-bond acceptors (Lipinski definition) is 8. The van der Waals surface area contributed by atoms with Gasteiger partial charge in [-0.05, 0) is 27.7 Å². The Kier molecular flexibility index (Phi) is 18.1. The summed E-state index contributed by atoms with van der Waals surface area (Å²) in [7, 11) is -8.60. The van der Waals surface area contributed by atoms with Gasteiger partial charge in [0.05, 0.1) is 42.9 Å². The van der Waals surface area contributed by atoms with Crippen LogP contribution in [-0.4, -0.2) is 58.9 Å². The molecule has 2 N–H and O–H groups in total. The molecule has 112 valence electrons. The van der Waals surface area contributed by atoms with Crippen LogP contribution in [0.2, 0.25) is 0 Å². The number of rotatable bonds is 4. The van der Waals surface area contributed by atoms with Gasteiger partial charge in [0, 0.05) is 0 Å². The van der Waals surface area contributed by atoms with E-state index in [1.54, 1.807) is 0 Å². The molecule has 0 fully saturated rings. The molecular formula is C8H18Na2O8S2. The molecule has 0 saturated carbocycles. The van der Waals surface area contributed by atoms with Gasteiger partial charge < -0.3 is 19.3 Å². The molecule has 0 spiro atoms. The van der Waals surface area contributed by atoms with Crippen LogP contribution in [0.3, 0.4) is 0 Å². The first-order valence-corrected chi connectivity index (χ1v) is 7.91. The van der Waals surface area contributed by atoms with E-state index in [-0.39, 0.29) is 59.1 Å². The van der Waals surface area contributed by atoms with E-state index in [2.05, 4.69) is 0 Å². The van der Waals surface area contributed by atoms with Crippen LogP contribution in [0.15, 0.2) is 0 Å². The van der Waals surface area contributed by atoms with Crippen LogP contribution in [0.1, 0.15) is 27.7 Å². The smallest absolute Gasteiger partial charge is 0.748 e. The average molecular weight is 352 g/mol. The maximum Gasteiger partial charge on any atom is 1.00 e. The molecule has 20 heavy (non-hydrogen) atoms. The molecule has 4 atom stereocenters. The van der Waals surface area contributed by atoms with Crippen molar-refractivity contribution in [3.05, 3.63) is 0 Å². The van der Waals surface area contributed by atoms with Gasteiger partial charge in [-0.1, -0.05) is 0 Å². The van der Waals surface area contributed by atoms with E-state index in [0.717, 1.165) is 0 Å². The third-order valence-electron chi connectivity index (χ3n) is 2.27. The van der Waals surface area contributed by atoms with Crippen molar-refractivity contribution in [2.24, 2.45) is 0 Å². The van der Waals surface area contributed by atoms with Gasteiger partial charge in [-0.3, -0.25) is 0 Å². The molecule has 8 nitrogen and oxygen atoms in total. The molecule has 0 saturated heterocycles. The molecule has 12 heteroatoms. The van der Waals surface area contributed by atoms with Crippen LogP contribution in [0, 0.1) is 0 Å². The Morgan fingerprint density at radius 1 is 0.700 bits per heavy atom. The van der Waals surface area contributed by atoms with Gasteiger partial charge in [0.25, 0.3) is 0 Å². The van der Waals surface area contributed by atoms with Gasteiger partial charge >= 0.3 is 59.1 Å².